The number of tetrazole rings is 1. The van der Waals surface area contributed by atoms with Crippen LogP contribution in [0.2, 0.25) is 0 Å². The van der Waals surface area contributed by atoms with Gasteiger partial charge in [0.1, 0.15) is 17.8 Å². The number of aliphatic hydroxyl groups is 1. The molecule has 2 N–H and O–H groups in total. The Morgan fingerprint density at radius 3 is 1.93 bits per heavy atom. The second-order valence-corrected chi connectivity index (χ2v) is 13.5. The van der Waals surface area contributed by atoms with Crippen molar-refractivity contribution in [3.8, 4) is 16.8 Å². The Hall–Kier alpha value is -6.03. The molecule has 0 aliphatic carbocycles. The van der Waals surface area contributed by atoms with Crippen LogP contribution >= 0.6 is 0 Å². The van der Waals surface area contributed by atoms with E-state index in [0.29, 0.717) is 22.4 Å². The van der Waals surface area contributed by atoms with E-state index in [1.807, 2.05) is 55.5 Å². The average molecular weight is 741 g/mol. The number of aromatic nitrogens is 8. The van der Waals surface area contributed by atoms with E-state index in [-0.39, 0.29) is 11.3 Å². The van der Waals surface area contributed by atoms with Crippen molar-refractivity contribution in [2.24, 2.45) is 0 Å². The fourth-order valence-corrected chi connectivity index (χ4v) is 7.05. The lowest BCUT2D eigenvalue weighted by molar-refractivity contribution is -0.103. The lowest BCUT2D eigenvalue weighted by Crippen LogP contribution is -2.51. The highest BCUT2D eigenvalue weighted by Crippen LogP contribution is 2.46. The van der Waals surface area contributed by atoms with Gasteiger partial charge in [-0.1, -0.05) is 37.3 Å². The molecular formula is C38H39F3N10O3. The fourth-order valence-electron chi connectivity index (χ4n) is 7.05. The highest BCUT2D eigenvalue weighted by molar-refractivity contribution is 5.66. The van der Waals surface area contributed by atoms with Crippen LogP contribution in [0.25, 0.3) is 16.8 Å². The largest absolute Gasteiger partial charge is 0.391 e. The molecule has 1 saturated heterocycles. The fraction of sp³-hybridized carbons (Fsp3) is 0.316. The van der Waals surface area contributed by atoms with Crippen LogP contribution in [-0.2, 0) is 11.5 Å². The van der Waals surface area contributed by atoms with Gasteiger partial charge in [0.25, 0.3) is 0 Å². The molecule has 3 aromatic carbocycles. The third-order valence-corrected chi connectivity index (χ3v) is 10.3. The van der Waals surface area contributed by atoms with Crippen LogP contribution in [0.15, 0.2) is 107 Å². The molecular weight excluding hydrogens is 701 g/mol. The van der Waals surface area contributed by atoms with Crippen LogP contribution < -0.4 is 21.2 Å². The van der Waals surface area contributed by atoms with Gasteiger partial charge in [0.15, 0.2) is 5.54 Å². The molecule has 1 unspecified atom stereocenters. The molecule has 0 spiro atoms. The lowest BCUT2D eigenvalue weighted by atomic mass is 9.83. The predicted molar refractivity (Wildman–Crippen MR) is 197 cm³/mol. The second-order valence-electron chi connectivity index (χ2n) is 13.5. The van der Waals surface area contributed by atoms with E-state index in [1.165, 1.54) is 40.0 Å². The molecule has 13 nitrogen and oxygen atoms in total. The minimum atomic E-state index is -3.76. The highest BCUT2D eigenvalue weighted by atomic mass is 19.3. The van der Waals surface area contributed by atoms with Crippen LogP contribution in [0.1, 0.15) is 44.5 Å². The first-order valence-corrected chi connectivity index (χ1v) is 17.6. The average Bonchev–Trinajstić information content (AvgIpc) is 3.80. The van der Waals surface area contributed by atoms with Crippen LogP contribution in [0.3, 0.4) is 0 Å². The van der Waals surface area contributed by atoms with E-state index in [9.17, 15) is 19.1 Å². The van der Waals surface area contributed by atoms with Crippen molar-refractivity contribution in [1.82, 2.24) is 39.5 Å². The molecule has 0 amide bonds. The maximum absolute atomic E-state index is 16.4. The number of halogens is 3. The van der Waals surface area contributed by atoms with Crippen molar-refractivity contribution in [2.75, 3.05) is 36.0 Å². The lowest BCUT2D eigenvalue weighted by Gasteiger charge is -2.37. The van der Waals surface area contributed by atoms with Gasteiger partial charge < -0.3 is 14.9 Å². The summed E-state index contributed by atoms with van der Waals surface area (Å²) >= 11 is 0. The van der Waals surface area contributed by atoms with Gasteiger partial charge in [-0.15, -0.1) is 0 Å². The van der Waals surface area contributed by atoms with Crippen LogP contribution in [0, 0.1) is 5.82 Å². The number of H-pyrrole nitrogens is 1. The number of rotatable bonds is 11. The molecule has 6 aromatic rings. The summed E-state index contributed by atoms with van der Waals surface area (Å²) < 4.78 is 49.9. The number of aromatic amines is 1. The van der Waals surface area contributed by atoms with E-state index >= 15 is 8.78 Å². The zero-order valence-corrected chi connectivity index (χ0v) is 29.9. The van der Waals surface area contributed by atoms with Gasteiger partial charge in [0.2, 0.25) is 0 Å². The number of aliphatic hydroxyl groups excluding tert-OH is 1. The van der Waals surface area contributed by atoms with Crippen molar-refractivity contribution < 1.29 is 18.3 Å². The van der Waals surface area contributed by atoms with Crippen molar-refractivity contribution in [2.45, 2.75) is 50.8 Å². The zero-order chi connectivity index (χ0) is 38.2. The molecule has 16 heteroatoms. The topological polar surface area (TPSA) is 143 Å². The summed E-state index contributed by atoms with van der Waals surface area (Å²) in [5.41, 5.74) is -0.105. The van der Waals surface area contributed by atoms with Gasteiger partial charge in [0.05, 0.1) is 17.8 Å². The first kappa shape index (κ1) is 36.3. The Morgan fingerprint density at radius 2 is 1.41 bits per heavy atom. The number of benzene rings is 3. The molecule has 280 valence electrons. The Morgan fingerprint density at radius 1 is 0.833 bits per heavy atom. The third-order valence-electron chi connectivity index (χ3n) is 10.3. The molecule has 3 atom stereocenters. The summed E-state index contributed by atoms with van der Waals surface area (Å²) in [6, 6.07) is 22.4. The Bertz CT molecular complexity index is 2310. The van der Waals surface area contributed by atoms with Crippen molar-refractivity contribution >= 4 is 11.4 Å². The number of hydrogen-bond acceptors (Lipinski definition) is 9. The number of alkyl halides is 2. The van der Waals surface area contributed by atoms with Gasteiger partial charge in [-0.05, 0) is 96.4 Å². The monoisotopic (exact) mass is 740 g/mol. The Labute approximate surface area is 307 Å². The molecule has 7 rings (SSSR count). The number of anilines is 2. The summed E-state index contributed by atoms with van der Waals surface area (Å²) in [5, 5.41) is 23.4. The number of nitrogens with one attached hydrogen (secondary N) is 1. The van der Waals surface area contributed by atoms with Crippen molar-refractivity contribution in [3.05, 3.63) is 135 Å². The Kier molecular flexibility index (Phi) is 9.70. The predicted octanol–water partition coefficient (Wildman–Crippen LogP) is 4.73. The van der Waals surface area contributed by atoms with E-state index in [4.69, 9.17) is 0 Å². The molecule has 4 heterocycles. The first-order valence-electron chi connectivity index (χ1n) is 17.6. The third kappa shape index (κ3) is 6.46. The molecule has 0 saturated carbocycles. The summed E-state index contributed by atoms with van der Waals surface area (Å²) in [6.45, 7) is 7.81. The van der Waals surface area contributed by atoms with Gasteiger partial charge in [-0.3, -0.25) is 4.98 Å². The van der Waals surface area contributed by atoms with Crippen LogP contribution in [0.4, 0.5) is 24.5 Å². The molecule has 0 radical (unpaired) electrons. The van der Waals surface area contributed by atoms with Crippen LogP contribution in [0.5, 0.6) is 0 Å². The summed E-state index contributed by atoms with van der Waals surface area (Å²) in [4.78, 5) is 34.2. The number of nitrogens with zero attached hydrogens (tertiary/aromatic N) is 9. The Balaban J connectivity index is 1.01. The number of hydrogen-bond donors (Lipinski definition) is 2. The minimum Gasteiger partial charge on any atom is -0.391 e. The molecule has 54 heavy (non-hydrogen) atoms. The van der Waals surface area contributed by atoms with Gasteiger partial charge >= 0.3 is 17.3 Å². The van der Waals surface area contributed by atoms with E-state index < -0.39 is 40.8 Å². The van der Waals surface area contributed by atoms with Crippen molar-refractivity contribution in [3.63, 3.8) is 0 Å². The van der Waals surface area contributed by atoms with E-state index in [0.717, 1.165) is 62.2 Å². The summed E-state index contributed by atoms with van der Waals surface area (Å²) in [7, 11) is 0. The van der Waals surface area contributed by atoms with Gasteiger partial charge in [-0.25, -0.2) is 28.3 Å². The number of pyridine rings is 1. The molecule has 1 fully saturated rings. The summed E-state index contributed by atoms with van der Waals surface area (Å²) in [6.07, 6.45) is 2.73. The highest BCUT2D eigenvalue weighted by Gasteiger charge is 2.57. The van der Waals surface area contributed by atoms with E-state index in [1.54, 1.807) is 13.0 Å². The minimum absolute atomic E-state index is 0.0531. The molecule has 0 bridgehead atoms. The SMILES string of the molecule is CC[C@@H]([C@H](C)O)n1ncn(-c2ccc(N3CCN(c4ccc(-c5ccc(C(F)(F)C(C)(c6ccc(F)cc6)n6nn[nH]c6=O)nc5)cc4)CC3)cc2)c1=O. The van der Waals surface area contributed by atoms with Crippen LogP contribution in [-0.4, -0.2) is 76.9 Å². The molecule has 3 aromatic heterocycles. The van der Waals surface area contributed by atoms with Crippen molar-refractivity contribution in [1.29, 1.82) is 0 Å². The van der Waals surface area contributed by atoms with Gasteiger partial charge in [0, 0.05) is 49.3 Å². The van der Waals surface area contributed by atoms with Gasteiger partial charge in [-0.2, -0.15) is 18.6 Å². The maximum atomic E-state index is 16.4. The molecule has 1 aliphatic heterocycles. The standard InChI is InChI=1S/C38H39F3N10O3/c1-4-33(25(2)52)50-36(54)49(24-43-50)32-16-14-31(15-17-32)48-21-19-47(20-22-48)30-12-5-26(6-13-30)27-7-18-34(42-23-27)38(40,41)37(3,51-35(53)44-45-46-51)28-8-10-29(39)11-9-28/h5-18,23-25,33,52H,4,19-22H2,1-3H3,(H,44,46,53)/t25-,33-,37?/m0/s1. The quantitative estimate of drug-likeness (QED) is 0.193. The van der Waals surface area contributed by atoms with E-state index in [2.05, 4.69) is 35.4 Å². The smallest absolute Gasteiger partial charge is 0.362 e. The normalized spacial score (nSPS) is 15.9. The zero-order valence-electron chi connectivity index (χ0n) is 29.9. The molecule has 1 aliphatic rings. The summed E-state index contributed by atoms with van der Waals surface area (Å²) in [5.74, 6) is -4.38. The first-order chi connectivity index (χ1) is 25.9. The number of piperazine rings is 1. The maximum Gasteiger partial charge on any atom is 0.362 e. The second kappa shape index (κ2) is 14.4.